The second-order valence-electron chi connectivity index (χ2n) is 6.90. The summed E-state index contributed by atoms with van der Waals surface area (Å²) in [7, 11) is -3.45. The molecule has 0 spiro atoms. The van der Waals surface area contributed by atoms with Gasteiger partial charge in [0.2, 0.25) is 0 Å². The normalized spacial score (nSPS) is 11.1. The third kappa shape index (κ3) is 15.1. The first-order valence-electron chi connectivity index (χ1n) is 10.1. The number of rotatable bonds is 16. The first kappa shape index (κ1) is 26.0. The molecule has 5 heteroatoms. The molecule has 0 N–H and O–H groups in total. The summed E-state index contributed by atoms with van der Waals surface area (Å²) in [6.45, 7) is 2.26. The van der Waals surface area contributed by atoms with Crippen LogP contribution in [0.5, 0.6) is 5.75 Å². The van der Waals surface area contributed by atoms with Crippen molar-refractivity contribution in [1.82, 2.24) is 0 Å². The predicted molar refractivity (Wildman–Crippen MR) is 114 cm³/mol. The number of para-hydroxylation sites is 1. The van der Waals surface area contributed by atoms with E-state index in [0.717, 1.165) is 12.8 Å². The molecule has 0 saturated carbocycles. The van der Waals surface area contributed by atoms with Gasteiger partial charge in [-0.1, -0.05) is 102 Å². The molecule has 1 rings (SSSR count). The van der Waals surface area contributed by atoms with E-state index in [2.05, 4.69) is 6.92 Å². The van der Waals surface area contributed by atoms with E-state index in [4.69, 9.17) is 4.18 Å². The topological polar surface area (TPSA) is 43.4 Å². The fourth-order valence-corrected chi connectivity index (χ4v) is 4.01. The zero-order valence-corrected chi connectivity index (χ0v) is 16.7. The number of hydrogen-bond donors (Lipinski definition) is 0. The van der Waals surface area contributed by atoms with Crippen LogP contribution in [0.4, 0.5) is 0 Å². The van der Waals surface area contributed by atoms with Crippen LogP contribution in [0.25, 0.3) is 0 Å². The standard InChI is InChI=1S/C21H36O3S.Na.H/c1-2-3-4-5-6-7-8-9-10-11-12-13-17-20-25(22,23)24-21-18-15-14-16-19-21;;/h14-16,18-19H,2-13,17,20H2,1H3;;. The van der Waals surface area contributed by atoms with E-state index in [0.29, 0.717) is 12.2 Å². The Morgan fingerprint density at radius 1 is 0.692 bits per heavy atom. The minimum absolute atomic E-state index is 0. The molecule has 0 aliphatic carbocycles. The molecule has 0 saturated heterocycles. The zero-order valence-electron chi connectivity index (χ0n) is 15.9. The summed E-state index contributed by atoms with van der Waals surface area (Å²) in [5.74, 6) is 0.511. The molecular weight excluding hydrogens is 355 g/mol. The SMILES string of the molecule is CCCCCCCCCCCCCCCS(=O)(=O)Oc1ccccc1.[NaH]. The van der Waals surface area contributed by atoms with Crippen molar-refractivity contribution in [3.05, 3.63) is 30.3 Å². The van der Waals surface area contributed by atoms with Crippen LogP contribution >= 0.6 is 0 Å². The summed E-state index contributed by atoms with van der Waals surface area (Å²) in [5.41, 5.74) is 0. The van der Waals surface area contributed by atoms with Crippen molar-refractivity contribution in [2.45, 2.75) is 90.4 Å². The first-order valence-corrected chi connectivity index (χ1v) is 11.7. The molecule has 146 valence electrons. The van der Waals surface area contributed by atoms with Crippen LogP contribution in [-0.4, -0.2) is 43.7 Å². The quantitative estimate of drug-likeness (QED) is 0.202. The van der Waals surface area contributed by atoms with Crippen LogP contribution in [0.3, 0.4) is 0 Å². The third-order valence-electron chi connectivity index (χ3n) is 4.46. The van der Waals surface area contributed by atoms with Gasteiger partial charge in [0.15, 0.2) is 0 Å². The molecule has 0 amide bonds. The molecule has 0 bridgehead atoms. The van der Waals surface area contributed by atoms with Gasteiger partial charge in [-0.3, -0.25) is 0 Å². The number of hydrogen-bond acceptors (Lipinski definition) is 3. The van der Waals surface area contributed by atoms with Gasteiger partial charge in [0.05, 0.1) is 5.75 Å². The fourth-order valence-electron chi connectivity index (χ4n) is 2.96. The van der Waals surface area contributed by atoms with Gasteiger partial charge >= 0.3 is 39.7 Å². The van der Waals surface area contributed by atoms with Crippen molar-refractivity contribution < 1.29 is 12.6 Å². The monoisotopic (exact) mass is 392 g/mol. The van der Waals surface area contributed by atoms with Crippen LogP contribution in [0.15, 0.2) is 30.3 Å². The summed E-state index contributed by atoms with van der Waals surface area (Å²) in [4.78, 5) is 0. The molecule has 0 fully saturated rings. The molecular formula is C21H37NaO3S. The van der Waals surface area contributed by atoms with E-state index in [9.17, 15) is 8.42 Å². The Morgan fingerprint density at radius 2 is 1.12 bits per heavy atom. The Kier molecular flexibility index (Phi) is 17.1. The van der Waals surface area contributed by atoms with Gasteiger partial charge in [-0.2, -0.15) is 8.42 Å². The van der Waals surface area contributed by atoms with Gasteiger partial charge in [-0.25, -0.2) is 0 Å². The van der Waals surface area contributed by atoms with E-state index >= 15 is 0 Å². The second kappa shape index (κ2) is 17.1. The Balaban J connectivity index is 0.00000625. The van der Waals surface area contributed by atoms with E-state index in [1.54, 1.807) is 24.3 Å². The van der Waals surface area contributed by atoms with Crippen molar-refractivity contribution in [2.75, 3.05) is 5.75 Å². The molecule has 1 aromatic rings. The summed E-state index contributed by atoms with van der Waals surface area (Å²) in [6, 6.07) is 8.72. The Bertz CT molecular complexity index is 517. The summed E-state index contributed by atoms with van der Waals surface area (Å²) in [6.07, 6.45) is 16.2. The fraction of sp³-hybridized carbons (Fsp3) is 0.714. The Labute approximate surface area is 183 Å². The third-order valence-corrected chi connectivity index (χ3v) is 5.70. The summed E-state index contributed by atoms with van der Waals surface area (Å²) in [5, 5.41) is 0. The maximum atomic E-state index is 11.9. The second-order valence-corrected chi connectivity index (χ2v) is 8.59. The molecule has 3 nitrogen and oxygen atoms in total. The van der Waals surface area contributed by atoms with Gasteiger partial charge in [0.25, 0.3) is 0 Å². The number of unbranched alkanes of at least 4 members (excludes halogenated alkanes) is 12. The van der Waals surface area contributed by atoms with Gasteiger partial charge in [0, 0.05) is 0 Å². The molecule has 0 aliphatic rings. The molecule has 0 heterocycles. The van der Waals surface area contributed by atoms with Crippen LogP contribution < -0.4 is 4.18 Å². The van der Waals surface area contributed by atoms with Gasteiger partial charge in [-0.05, 0) is 18.6 Å². The first-order chi connectivity index (χ1) is 12.1. The molecule has 0 atom stereocenters. The van der Waals surface area contributed by atoms with Crippen LogP contribution in [-0.2, 0) is 10.1 Å². The molecule has 0 unspecified atom stereocenters. The van der Waals surface area contributed by atoms with Gasteiger partial charge in [0.1, 0.15) is 5.75 Å². The van der Waals surface area contributed by atoms with Crippen molar-refractivity contribution in [1.29, 1.82) is 0 Å². The van der Waals surface area contributed by atoms with Crippen LogP contribution in [0.2, 0.25) is 0 Å². The number of benzene rings is 1. The molecule has 0 aromatic heterocycles. The summed E-state index contributed by atoms with van der Waals surface area (Å²) < 4.78 is 28.8. The summed E-state index contributed by atoms with van der Waals surface area (Å²) >= 11 is 0. The van der Waals surface area contributed by atoms with Gasteiger partial charge < -0.3 is 4.18 Å². The molecule has 0 radical (unpaired) electrons. The Morgan fingerprint density at radius 3 is 1.58 bits per heavy atom. The molecule has 0 aliphatic heterocycles. The van der Waals surface area contributed by atoms with E-state index < -0.39 is 10.1 Å². The van der Waals surface area contributed by atoms with Gasteiger partial charge in [-0.15, -0.1) is 0 Å². The zero-order chi connectivity index (χ0) is 18.2. The minimum atomic E-state index is -3.45. The van der Waals surface area contributed by atoms with E-state index in [1.807, 2.05) is 6.07 Å². The van der Waals surface area contributed by atoms with E-state index in [1.165, 1.54) is 64.2 Å². The molecule has 1 aromatic carbocycles. The van der Waals surface area contributed by atoms with E-state index in [-0.39, 0.29) is 35.3 Å². The molecule has 26 heavy (non-hydrogen) atoms. The average molecular weight is 393 g/mol. The van der Waals surface area contributed by atoms with Crippen molar-refractivity contribution in [2.24, 2.45) is 0 Å². The predicted octanol–water partition coefficient (Wildman–Crippen LogP) is 5.84. The average Bonchev–Trinajstić information content (AvgIpc) is 2.59. The maximum absolute atomic E-state index is 11.9. The van der Waals surface area contributed by atoms with Crippen LogP contribution in [0, 0.1) is 0 Å². The van der Waals surface area contributed by atoms with Crippen molar-refractivity contribution in [3.63, 3.8) is 0 Å². The van der Waals surface area contributed by atoms with Crippen molar-refractivity contribution >= 4 is 39.7 Å². The Hall–Kier alpha value is -0.0300. The van der Waals surface area contributed by atoms with Crippen molar-refractivity contribution in [3.8, 4) is 5.75 Å². The van der Waals surface area contributed by atoms with Crippen LogP contribution in [0.1, 0.15) is 90.4 Å².